The number of halogens is 2. The van der Waals surface area contributed by atoms with Crippen LogP contribution in [0.1, 0.15) is 17.5 Å². The second-order valence-electron chi connectivity index (χ2n) is 4.92. The number of aromatic nitrogens is 1. The van der Waals surface area contributed by atoms with Crippen LogP contribution in [0.5, 0.6) is 17.2 Å². The summed E-state index contributed by atoms with van der Waals surface area (Å²) in [6, 6.07) is 3.76. The second-order valence-corrected chi connectivity index (χ2v) is 5.73. The van der Waals surface area contributed by atoms with E-state index in [1.807, 2.05) is 24.3 Å². The van der Waals surface area contributed by atoms with E-state index in [2.05, 4.69) is 4.98 Å². The molecule has 6 heteroatoms. The Balaban J connectivity index is 2.02. The number of pyridine rings is 1. The Morgan fingerprint density at radius 3 is 2.43 bits per heavy atom. The van der Waals surface area contributed by atoms with Gasteiger partial charge in [0.05, 0.1) is 30.4 Å². The highest BCUT2D eigenvalue weighted by Gasteiger charge is 2.18. The van der Waals surface area contributed by atoms with E-state index in [-0.39, 0.29) is 0 Å². The first-order valence-electron chi connectivity index (χ1n) is 7.14. The molecule has 0 bridgehead atoms. The zero-order chi connectivity index (χ0) is 16.2. The SMILES string of the molecule is COc1ccc(/C=C/c2c(Cl)cncc2Cl)c2c1OCCCO2. The van der Waals surface area contributed by atoms with E-state index in [0.29, 0.717) is 46.1 Å². The van der Waals surface area contributed by atoms with Crippen LogP contribution < -0.4 is 14.2 Å². The van der Waals surface area contributed by atoms with E-state index < -0.39 is 0 Å². The topological polar surface area (TPSA) is 40.6 Å². The van der Waals surface area contributed by atoms with Crippen molar-refractivity contribution in [3.05, 3.63) is 45.7 Å². The number of hydrogen-bond donors (Lipinski definition) is 0. The summed E-state index contributed by atoms with van der Waals surface area (Å²) in [6.45, 7) is 1.19. The molecular weight excluding hydrogens is 337 g/mol. The zero-order valence-electron chi connectivity index (χ0n) is 12.5. The summed E-state index contributed by atoms with van der Waals surface area (Å²) in [6.07, 6.45) is 7.66. The van der Waals surface area contributed by atoms with Crippen LogP contribution in [-0.2, 0) is 0 Å². The molecule has 1 aliphatic heterocycles. The fourth-order valence-electron chi connectivity index (χ4n) is 2.30. The monoisotopic (exact) mass is 351 g/mol. The Bertz CT molecular complexity index is 727. The molecular formula is C17H15Cl2NO3. The standard InChI is InChI=1S/C17H15Cl2NO3/c1-21-15-6-4-11(16-17(15)23-8-2-7-22-16)3-5-12-13(18)9-20-10-14(12)19/h3-6,9-10H,2,7-8H2,1H3/b5-3+. The van der Waals surface area contributed by atoms with E-state index in [4.69, 9.17) is 37.4 Å². The summed E-state index contributed by atoms with van der Waals surface area (Å²) >= 11 is 12.3. The molecule has 0 unspecified atom stereocenters. The fraction of sp³-hybridized carbons (Fsp3) is 0.235. The average Bonchev–Trinajstić information content (AvgIpc) is 2.80. The van der Waals surface area contributed by atoms with Gasteiger partial charge in [0.2, 0.25) is 5.75 Å². The lowest BCUT2D eigenvalue weighted by molar-refractivity contribution is 0.289. The van der Waals surface area contributed by atoms with Gasteiger partial charge >= 0.3 is 0 Å². The van der Waals surface area contributed by atoms with Crippen LogP contribution in [0.2, 0.25) is 10.0 Å². The highest BCUT2D eigenvalue weighted by atomic mass is 35.5. The Morgan fingerprint density at radius 1 is 1.04 bits per heavy atom. The maximum absolute atomic E-state index is 6.14. The summed E-state index contributed by atoms with van der Waals surface area (Å²) < 4.78 is 16.9. The first-order valence-corrected chi connectivity index (χ1v) is 7.90. The minimum absolute atomic E-state index is 0.491. The number of benzene rings is 1. The largest absolute Gasteiger partial charge is 0.493 e. The molecule has 0 saturated carbocycles. The Hall–Kier alpha value is -1.91. The van der Waals surface area contributed by atoms with Crippen molar-refractivity contribution in [2.24, 2.45) is 0 Å². The van der Waals surface area contributed by atoms with Gasteiger partial charge in [0.15, 0.2) is 11.5 Å². The van der Waals surface area contributed by atoms with Gasteiger partial charge in [-0.2, -0.15) is 0 Å². The van der Waals surface area contributed by atoms with Crippen LogP contribution in [0, 0.1) is 0 Å². The van der Waals surface area contributed by atoms with Gasteiger partial charge in [-0.3, -0.25) is 4.98 Å². The first-order chi connectivity index (χ1) is 11.2. The van der Waals surface area contributed by atoms with E-state index in [1.54, 1.807) is 19.5 Å². The molecule has 1 aromatic carbocycles. The number of fused-ring (bicyclic) bond motifs is 1. The molecule has 0 atom stereocenters. The molecule has 0 aliphatic carbocycles. The van der Waals surface area contributed by atoms with Gasteiger partial charge in [0, 0.05) is 29.9 Å². The third-order valence-electron chi connectivity index (χ3n) is 3.43. The number of ether oxygens (including phenoxy) is 3. The highest BCUT2D eigenvalue weighted by molar-refractivity contribution is 6.37. The molecule has 2 heterocycles. The summed E-state index contributed by atoms with van der Waals surface area (Å²) in [4.78, 5) is 3.95. The Morgan fingerprint density at radius 2 is 1.74 bits per heavy atom. The lowest BCUT2D eigenvalue weighted by Crippen LogP contribution is -1.98. The van der Waals surface area contributed by atoms with Crippen molar-refractivity contribution in [1.29, 1.82) is 0 Å². The average molecular weight is 352 g/mol. The maximum atomic E-state index is 6.14. The zero-order valence-corrected chi connectivity index (χ0v) is 14.0. The maximum Gasteiger partial charge on any atom is 0.204 e. The van der Waals surface area contributed by atoms with Crippen molar-refractivity contribution < 1.29 is 14.2 Å². The molecule has 0 radical (unpaired) electrons. The normalized spacial score (nSPS) is 13.9. The van der Waals surface area contributed by atoms with Crippen molar-refractivity contribution in [3.8, 4) is 17.2 Å². The van der Waals surface area contributed by atoms with Gasteiger partial charge in [0.25, 0.3) is 0 Å². The molecule has 2 aromatic rings. The number of nitrogens with zero attached hydrogens (tertiary/aromatic N) is 1. The van der Waals surface area contributed by atoms with Crippen LogP contribution >= 0.6 is 23.2 Å². The lowest BCUT2D eigenvalue weighted by Gasteiger charge is -2.13. The predicted molar refractivity (Wildman–Crippen MR) is 91.8 cm³/mol. The quantitative estimate of drug-likeness (QED) is 0.801. The summed E-state index contributed by atoms with van der Waals surface area (Å²) in [5.74, 6) is 1.94. The molecule has 1 aromatic heterocycles. The molecule has 0 N–H and O–H groups in total. The number of hydrogen-bond acceptors (Lipinski definition) is 4. The van der Waals surface area contributed by atoms with Gasteiger partial charge in [-0.25, -0.2) is 0 Å². The molecule has 3 rings (SSSR count). The number of methoxy groups -OCH3 is 1. The first kappa shape index (κ1) is 16.0. The molecule has 120 valence electrons. The van der Waals surface area contributed by atoms with Gasteiger partial charge in [0.1, 0.15) is 0 Å². The number of rotatable bonds is 3. The third-order valence-corrected chi connectivity index (χ3v) is 4.03. The molecule has 0 saturated heterocycles. The van der Waals surface area contributed by atoms with Crippen LogP contribution in [0.25, 0.3) is 12.2 Å². The van der Waals surface area contributed by atoms with Crippen molar-refractivity contribution in [1.82, 2.24) is 4.98 Å². The Labute approximate surface area is 144 Å². The van der Waals surface area contributed by atoms with Crippen molar-refractivity contribution in [2.75, 3.05) is 20.3 Å². The lowest BCUT2D eigenvalue weighted by atomic mass is 10.1. The van der Waals surface area contributed by atoms with E-state index in [1.165, 1.54) is 0 Å². The molecule has 4 nitrogen and oxygen atoms in total. The van der Waals surface area contributed by atoms with E-state index >= 15 is 0 Å². The van der Waals surface area contributed by atoms with Crippen LogP contribution in [0.3, 0.4) is 0 Å². The predicted octanol–water partition coefficient (Wildman–Crippen LogP) is 4.73. The third kappa shape index (κ3) is 3.38. The summed E-state index contributed by atoms with van der Waals surface area (Å²) in [7, 11) is 1.61. The summed E-state index contributed by atoms with van der Waals surface area (Å²) in [5, 5.41) is 0.982. The second kappa shape index (κ2) is 7.11. The van der Waals surface area contributed by atoms with Gasteiger partial charge < -0.3 is 14.2 Å². The van der Waals surface area contributed by atoms with Crippen LogP contribution in [0.15, 0.2) is 24.5 Å². The molecule has 1 aliphatic rings. The van der Waals surface area contributed by atoms with Crippen molar-refractivity contribution in [2.45, 2.75) is 6.42 Å². The van der Waals surface area contributed by atoms with Gasteiger partial charge in [-0.1, -0.05) is 35.4 Å². The van der Waals surface area contributed by atoms with Crippen molar-refractivity contribution >= 4 is 35.4 Å². The Kier molecular flexibility index (Phi) is 4.94. The summed E-state index contributed by atoms with van der Waals surface area (Å²) in [5.41, 5.74) is 1.58. The smallest absolute Gasteiger partial charge is 0.204 e. The van der Waals surface area contributed by atoms with Crippen LogP contribution in [-0.4, -0.2) is 25.3 Å². The van der Waals surface area contributed by atoms with Gasteiger partial charge in [-0.15, -0.1) is 0 Å². The fourth-order valence-corrected chi connectivity index (χ4v) is 2.79. The molecule has 0 fully saturated rings. The minimum Gasteiger partial charge on any atom is -0.493 e. The van der Waals surface area contributed by atoms with Gasteiger partial charge in [-0.05, 0) is 12.1 Å². The van der Waals surface area contributed by atoms with Crippen LogP contribution in [0.4, 0.5) is 0 Å². The molecule has 0 amide bonds. The molecule has 23 heavy (non-hydrogen) atoms. The molecule has 0 spiro atoms. The van der Waals surface area contributed by atoms with E-state index in [9.17, 15) is 0 Å². The van der Waals surface area contributed by atoms with E-state index in [0.717, 1.165) is 12.0 Å². The van der Waals surface area contributed by atoms with Crippen molar-refractivity contribution in [3.63, 3.8) is 0 Å². The minimum atomic E-state index is 0.491. The highest BCUT2D eigenvalue weighted by Crippen LogP contribution is 2.42.